The Bertz CT molecular complexity index is 423. The molecule has 0 aliphatic heterocycles. The summed E-state index contributed by atoms with van der Waals surface area (Å²) < 4.78 is 11.8. The van der Waals surface area contributed by atoms with Gasteiger partial charge in [0.05, 0.1) is 10.7 Å². The highest BCUT2D eigenvalue weighted by Gasteiger charge is 2.15. The summed E-state index contributed by atoms with van der Waals surface area (Å²) in [7, 11) is -1.16. The first-order chi connectivity index (χ1) is 8.04. The third-order valence-corrected chi connectivity index (χ3v) is 3.86. The number of rotatable bonds is 6. The lowest BCUT2D eigenvalue weighted by Crippen LogP contribution is -2.26. The maximum atomic E-state index is 11.8. The maximum absolute atomic E-state index is 11.8. The number of nitro benzene ring substituents is 1. The molecular weight excluding hydrogens is 240 g/mol. The van der Waals surface area contributed by atoms with Crippen molar-refractivity contribution in [3.05, 3.63) is 39.9 Å². The van der Waals surface area contributed by atoms with Gasteiger partial charge in [0.1, 0.15) is 0 Å². The Morgan fingerprint density at radius 1 is 1.47 bits per heavy atom. The van der Waals surface area contributed by atoms with Gasteiger partial charge in [-0.2, -0.15) is 0 Å². The van der Waals surface area contributed by atoms with Crippen LogP contribution in [-0.2, 0) is 16.6 Å². The minimum Gasteiger partial charge on any atom is -0.327 e. The normalized spacial score (nSPS) is 14.2. The molecule has 2 atom stereocenters. The summed E-state index contributed by atoms with van der Waals surface area (Å²) in [5.41, 5.74) is 6.22. The zero-order chi connectivity index (χ0) is 12.8. The molecule has 0 bridgehead atoms. The minimum absolute atomic E-state index is 0.0194. The third-order valence-electron chi connectivity index (χ3n) is 2.43. The molecule has 0 fully saturated rings. The molecule has 0 heterocycles. The van der Waals surface area contributed by atoms with E-state index in [0.29, 0.717) is 11.3 Å². The molecule has 6 heteroatoms. The van der Waals surface area contributed by atoms with E-state index in [-0.39, 0.29) is 17.5 Å². The molecule has 0 saturated carbocycles. The topological polar surface area (TPSA) is 86.2 Å². The van der Waals surface area contributed by atoms with E-state index in [4.69, 9.17) is 5.73 Å². The lowest BCUT2D eigenvalue weighted by atomic mass is 10.2. The van der Waals surface area contributed by atoms with E-state index in [1.165, 1.54) is 6.07 Å². The Labute approximate surface area is 103 Å². The summed E-state index contributed by atoms with van der Waals surface area (Å²) in [6.07, 6.45) is 0.753. The molecule has 0 radical (unpaired) electrons. The fourth-order valence-corrected chi connectivity index (χ4v) is 2.82. The van der Waals surface area contributed by atoms with Crippen LogP contribution in [0.25, 0.3) is 0 Å². The highest BCUT2D eigenvalue weighted by molar-refractivity contribution is 7.84. The molecular formula is C11H16N2O3S. The molecule has 2 N–H and O–H groups in total. The summed E-state index contributed by atoms with van der Waals surface area (Å²) in [4.78, 5) is 10.3. The third kappa shape index (κ3) is 4.24. The van der Waals surface area contributed by atoms with Gasteiger partial charge in [-0.3, -0.25) is 14.3 Å². The Morgan fingerprint density at radius 2 is 2.12 bits per heavy atom. The summed E-state index contributed by atoms with van der Waals surface area (Å²) >= 11 is 0. The van der Waals surface area contributed by atoms with Crippen molar-refractivity contribution in [2.75, 3.05) is 5.75 Å². The van der Waals surface area contributed by atoms with Crippen LogP contribution in [0.15, 0.2) is 24.3 Å². The molecule has 0 saturated heterocycles. The monoisotopic (exact) mass is 256 g/mol. The van der Waals surface area contributed by atoms with E-state index in [1.807, 2.05) is 6.92 Å². The Balaban J connectivity index is 2.74. The van der Waals surface area contributed by atoms with Gasteiger partial charge in [0, 0.05) is 34.2 Å². The van der Waals surface area contributed by atoms with Gasteiger partial charge in [-0.25, -0.2) is 0 Å². The van der Waals surface area contributed by atoms with Crippen LogP contribution in [0.5, 0.6) is 0 Å². The average molecular weight is 256 g/mol. The van der Waals surface area contributed by atoms with E-state index in [0.717, 1.165) is 6.42 Å². The minimum atomic E-state index is -1.16. The average Bonchev–Trinajstić information content (AvgIpc) is 2.29. The molecule has 2 unspecified atom stereocenters. The zero-order valence-corrected chi connectivity index (χ0v) is 10.5. The first kappa shape index (κ1) is 13.8. The van der Waals surface area contributed by atoms with Crippen molar-refractivity contribution >= 4 is 16.5 Å². The number of benzene rings is 1. The van der Waals surface area contributed by atoms with E-state index >= 15 is 0 Å². The van der Waals surface area contributed by atoms with Gasteiger partial charge in [0.15, 0.2) is 0 Å². The molecule has 94 valence electrons. The molecule has 17 heavy (non-hydrogen) atoms. The number of hydrogen-bond donors (Lipinski definition) is 1. The second kappa shape index (κ2) is 6.46. The van der Waals surface area contributed by atoms with Crippen LogP contribution in [0.2, 0.25) is 0 Å². The van der Waals surface area contributed by atoms with Crippen molar-refractivity contribution in [1.82, 2.24) is 0 Å². The van der Waals surface area contributed by atoms with Crippen molar-refractivity contribution < 1.29 is 9.13 Å². The smallest absolute Gasteiger partial charge is 0.273 e. The number of nitrogens with two attached hydrogens (primary N) is 1. The summed E-state index contributed by atoms with van der Waals surface area (Å²) in [6, 6.07) is 6.25. The molecule has 0 amide bonds. The van der Waals surface area contributed by atoms with Crippen LogP contribution < -0.4 is 5.73 Å². The largest absolute Gasteiger partial charge is 0.327 e. The highest BCUT2D eigenvalue weighted by atomic mass is 32.2. The second-order valence-electron chi connectivity index (χ2n) is 3.80. The molecule has 1 aromatic rings. The SMILES string of the molecule is CCC(N)CS(=O)Cc1ccccc1[N+](=O)[O-]. The Kier molecular flexibility index (Phi) is 5.24. The van der Waals surface area contributed by atoms with Crippen molar-refractivity contribution in [3.63, 3.8) is 0 Å². The van der Waals surface area contributed by atoms with Gasteiger partial charge in [-0.1, -0.05) is 25.1 Å². The van der Waals surface area contributed by atoms with E-state index in [2.05, 4.69) is 0 Å². The fraction of sp³-hybridized carbons (Fsp3) is 0.455. The zero-order valence-electron chi connectivity index (χ0n) is 9.67. The van der Waals surface area contributed by atoms with Crippen molar-refractivity contribution in [1.29, 1.82) is 0 Å². The number of nitro groups is 1. The standard InChI is InChI=1S/C11H16N2O3S/c1-2-10(12)8-17(16)7-9-5-3-4-6-11(9)13(14)15/h3-6,10H,2,7-8,12H2,1H3. The molecule has 5 nitrogen and oxygen atoms in total. The van der Waals surface area contributed by atoms with Crippen molar-refractivity contribution in [2.24, 2.45) is 5.73 Å². The predicted molar refractivity (Wildman–Crippen MR) is 68.1 cm³/mol. The first-order valence-electron chi connectivity index (χ1n) is 5.37. The molecule has 0 spiro atoms. The van der Waals surface area contributed by atoms with Crippen LogP contribution in [-0.4, -0.2) is 20.9 Å². The van der Waals surface area contributed by atoms with Crippen molar-refractivity contribution in [3.8, 4) is 0 Å². The van der Waals surface area contributed by atoms with Gasteiger partial charge >= 0.3 is 0 Å². The van der Waals surface area contributed by atoms with Gasteiger partial charge in [0.2, 0.25) is 0 Å². The van der Waals surface area contributed by atoms with Crippen molar-refractivity contribution in [2.45, 2.75) is 25.1 Å². The van der Waals surface area contributed by atoms with E-state index < -0.39 is 15.7 Å². The van der Waals surface area contributed by atoms with Crippen LogP contribution in [0.1, 0.15) is 18.9 Å². The molecule has 0 aliphatic carbocycles. The van der Waals surface area contributed by atoms with Gasteiger partial charge in [-0.15, -0.1) is 0 Å². The van der Waals surface area contributed by atoms with E-state index in [1.54, 1.807) is 18.2 Å². The van der Waals surface area contributed by atoms with Crippen LogP contribution in [0, 0.1) is 10.1 Å². The number of hydrogen-bond acceptors (Lipinski definition) is 4. The molecule has 0 aromatic heterocycles. The lowest BCUT2D eigenvalue weighted by molar-refractivity contribution is -0.385. The quantitative estimate of drug-likeness (QED) is 0.618. The van der Waals surface area contributed by atoms with E-state index in [9.17, 15) is 14.3 Å². The number of nitrogens with zero attached hydrogens (tertiary/aromatic N) is 1. The van der Waals surface area contributed by atoms with Crippen LogP contribution in [0.3, 0.4) is 0 Å². The van der Waals surface area contributed by atoms with Crippen LogP contribution in [0.4, 0.5) is 5.69 Å². The first-order valence-corrected chi connectivity index (χ1v) is 6.86. The van der Waals surface area contributed by atoms with Gasteiger partial charge < -0.3 is 5.73 Å². The maximum Gasteiger partial charge on any atom is 0.273 e. The molecule has 1 aromatic carbocycles. The van der Waals surface area contributed by atoms with Gasteiger partial charge in [-0.05, 0) is 6.42 Å². The molecule has 1 rings (SSSR count). The Hall–Kier alpha value is -1.27. The van der Waals surface area contributed by atoms with Crippen LogP contribution >= 0.6 is 0 Å². The Morgan fingerprint density at radius 3 is 2.71 bits per heavy atom. The fourth-order valence-electron chi connectivity index (χ4n) is 1.40. The predicted octanol–water partition coefficient (Wildman–Crippen LogP) is 1.58. The lowest BCUT2D eigenvalue weighted by Gasteiger charge is -2.08. The second-order valence-corrected chi connectivity index (χ2v) is 5.31. The summed E-state index contributed by atoms with van der Waals surface area (Å²) in [5, 5.41) is 10.8. The number of para-hydroxylation sites is 1. The summed E-state index contributed by atoms with van der Waals surface area (Å²) in [5.74, 6) is 0.563. The highest BCUT2D eigenvalue weighted by Crippen LogP contribution is 2.19. The van der Waals surface area contributed by atoms with Gasteiger partial charge in [0.25, 0.3) is 5.69 Å². The molecule has 0 aliphatic rings. The summed E-state index contributed by atoms with van der Waals surface area (Å²) in [6.45, 7) is 1.92.